The molecule has 0 saturated heterocycles. The molecule has 2 rings (SSSR count). The molecule has 27 heavy (non-hydrogen) atoms. The van der Waals surface area contributed by atoms with Crippen LogP contribution in [0.3, 0.4) is 0 Å². The van der Waals surface area contributed by atoms with Crippen LogP contribution in [0.25, 0.3) is 0 Å². The molecule has 0 aliphatic rings. The lowest BCUT2D eigenvalue weighted by atomic mass is 10.1. The van der Waals surface area contributed by atoms with Crippen LogP contribution in [-0.2, 0) is 11.3 Å². The Labute approximate surface area is 156 Å². The molecule has 0 aliphatic heterocycles. The maximum atomic E-state index is 11.9. The van der Waals surface area contributed by atoms with Crippen molar-refractivity contribution in [3.8, 4) is 0 Å². The highest BCUT2D eigenvalue weighted by molar-refractivity contribution is 5.93. The third-order valence-corrected chi connectivity index (χ3v) is 3.90. The van der Waals surface area contributed by atoms with Gasteiger partial charge < -0.3 is 15.8 Å². The minimum absolute atomic E-state index is 0.0800. The van der Waals surface area contributed by atoms with E-state index >= 15 is 0 Å². The zero-order valence-electron chi connectivity index (χ0n) is 14.9. The van der Waals surface area contributed by atoms with Crippen molar-refractivity contribution in [1.82, 2.24) is 0 Å². The molecule has 0 radical (unpaired) electrons. The number of nitro benzene ring substituents is 1. The number of carbonyl (C=O) groups excluding carboxylic acids is 2. The van der Waals surface area contributed by atoms with Crippen LogP contribution in [0.5, 0.6) is 0 Å². The molecule has 1 amide bonds. The van der Waals surface area contributed by atoms with Gasteiger partial charge in [0.2, 0.25) is 5.91 Å². The van der Waals surface area contributed by atoms with Crippen molar-refractivity contribution >= 4 is 23.3 Å². The number of nitrogens with two attached hydrogens (primary N) is 1. The van der Waals surface area contributed by atoms with E-state index in [1.165, 1.54) is 12.1 Å². The SMILES string of the molecule is CCCCOC(=O)c1ccc(NCc2ccc(C(N)=O)cc2[N+](=O)[O-])cc1. The van der Waals surface area contributed by atoms with Gasteiger partial charge in [0.1, 0.15) is 0 Å². The first-order chi connectivity index (χ1) is 12.9. The first-order valence-electron chi connectivity index (χ1n) is 8.50. The number of nitro groups is 1. The van der Waals surface area contributed by atoms with Crippen molar-refractivity contribution in [3.05, 3.63) is 69.3 Å². The summed E-state index contributed by atoms with van der Waals surface area (Å²) in [5, 5.41) is 14.3. The first kappa shape index (κ1) is 19.9. The zero-order valence-corrected chi connectivity index (χ0v) is 14.9. The number of esters is 1. The van der Waals surface area contributed by atoms with E-state index in [-0.39, 0.29) is 23.8 Å². The maximum Gasteiger partial charge on any atom is 0.338 e. The van der Waals surface area contributed by atoms with Gasteiger partial charge >= 0.3 is 5.97 Å². The van der Waals surface area contributed by atoms with Crippen molar-refractivity contribution in [3.63, 3.8) is 0 Å². The van der Waals surface area contributed by atoms with Gasteiger partial charge in [-0.2, -0.15) is 0 Å². The second-order valence-electron chi connectivity index (χ2n) is 5.89. The molecule has 2 aromatic carbocycles. The minimum atomic E-state index is -0.723. The van der Waals surface area contributed by atoms with Crippen molar-refractivity contribution in [2.45, 2.75) is 26.3 Å². The summed E-state index contributed by atoms with van der Waals surface area (Å²) < 4.78 is 5.14. The average Bonchev–Trinajstić information content (AvgIpc) is 2.66. The number of unbranched alkanes of at least 4 members (excludes halogenated alkanes) is 1. The van der Waals surface area contributed by atoms with E-state index in [4.69, 9.17) is 10.5 Å². The van der Waals surface area contributed by atoms with Crippen LogP contribution in [0.15, 0.2) is 42.5 Å². The fourth-order valence-corrected chi connectivity index (χ4v) is 2.35. The summed E-state index contributed by atoms with van der Waals surface area (Å²) in [5.74, 6) is -1.10. The zero-order chi connectivity index (χ0) is 19.8. The van der Waals surface area contributed by atoms with E-state index in [0.29, 0.717) is 23.4 Å². The lowest BCUT2D eigenvalue weighted by Gasteiger charge is -2.09. The number of carbonyl (C=O) groups is 2. The van der Waals surface area contributed by atoms with Gasteiger partial charge in [0.05, 0.1) is 17.1 Å². The van der Waals surface area contributed by atoms with E-state index in [0.717, 1.165) is 18.9 Å². The minimum Gasteiger partial charge on any atom is -0.462 e. The fraction of sp³-hybridized carbons (Fsp3) is 0.263. The number of anilines is 1. The normalized spacial score (nSPS) is 10.3. The molecule has 0 atom stereocenters. The standard InChI is InChI=1S/C19H21N3O5/c1-2-3-10-27-19(24)13-6-8-16(9-7-13)21-12-15-5-4-14(18(20)23)11-17(15)22(25)26/h4-9,11,21H,2-3,10,12H2,1H3,(H2,20,23). The molecule has 0 unspecified atom stereocenters. The highest BCUT2D eigenvalue weighted by atomic mass is 16.6. The molecule has 2 aromatic rings. The fourth-order valence-electron chi connectivity index (χ4n) is 2.35. The van der Waals surface area contributed by atoms with Gasteiger partial charge in [-0.25, -0.2) is 4.79 Å². The summed E-state index contributed by atoms with van der Waals surface area (Å²) in [4.78, 5) is 33.7. The topological polar surface area (TPSA) is 125 Å². The van der Waals surface area contributed by atoms with Gasteiger partial charge in [-0.1, -0.05) is 13.3 Å². The molecule has 0 aromatic heterocycles. The molecular formula is C19H21N3O5. The molecule has 0 bridgehead atoms. The number of hydrogen-bond acceptors (Lipinski definition) is 6. The molecule has 0 saturated carbocycles. The summed E-state index contributed by atoms with van der Waals surface area (Å²) in [7, 11) is 0. The molecule has 8 heteroatoms. The number of ether oxygens (including phenoxy) is 1. The lowest BCUT2D eigenvalue weighted by molar-refractivity contribution is -0.385. The monoisotopic (exact) mass is 371 g/mol. The Balaban J connectivity index is 2.03. The molecule has 3 N–H and O–H groups in total. The largest absolute Gasteiger partial charge is 0.462 e. The smallest absolute Gasteiger partial charge is 0.338 e. The summed E-state index contributed by atoms with van der Waals surface area (Å²) in [6, 6.07) is 10.7. The maximum absolute atomic E-state index is 11.9. The number of nitrogens with one attached hydrogen (secondary N) is 1. The molecule has 0 spiro atoms. The predicted molar refractivity (Wildman–Crippen MR) is 101 cm³/mol. The number of amides is 1. The van der Waals surface area contributed by atoms with E-state index in [2.05, 4.69) is 5.32 Å². The molecule has 8 nitrogen and oxygen atoms in total. The van der Waals surface area contributed by atoms with Gasteiger partial charge in [-0.3, -0.25) is 14.9 Å². The molecule has 0 heterocycles. The molecular weight excluding hydrogens is 350 g/mol. The Morgan fingerprint density at radius 1 is 1.15 bits per heavy atom. The van der Waals surface area contributed by atoms with Crippen LogP contribution in [0, 0.1) is 10.1 Å². The number of nitrogens with zero attached hydrogens (tertiary/aromatic N) is 1. The van der Waals surface area contributed by atoms with E-state index < -0.39 is 10.8 Å². The first-order valence-corrected chi connectivity index (χ1v) is 8.50. The highest BCUT2D eigenvalue weighted by Gasteiger charge is 2.16. The number of primary amides is 1. The Kier molecular flexibility index (Phi) is 6.87. The average molecular weight is 371 g/mol. The number of rotatable bonds is 9. The second-order valence-corrected chi connectivity index (χ2v) is 5.89. The highest BCUT2D eigenvalue weighted by Crippen LogP contribution is 2.22. The van der Waals surface area contributed by atoms with Crippen molar-refractivity contribution in [2.75, 3.05) is 11.9 Å². The summed E-state index contributed by atoms with van der Waals surface area (Å²) in [5.41, 5.74) is 6.59. The van der Waals surface area contributed by atoms with E-state index in [1.807, 2.05) is 6.92 Å². The van der Waals surface area contributed by atoms with E-state index in [1.54, 1.807) is 24.3 Å². The summed E-state index contributed by atoms with van der Waals surface area (Å²) in [6.07, 6.45) is 1.77. The Hall–Kier alpha value is -3.42. The van der Waals surface area contributed by atoms with Gasteiger partial charge in [-0.05, 0) is 42.8 Å². The Bertz CT molecular complexity index is 834. The molecule has 142 valence electrons. The van der Waals surface area contributed by atoms with Crippen LogP contribution < -0.4 is 11.1 Å². The van der Waals surface area contributed by atoms with Gasteiger partial charge in [0, 0.05) is 29.4 Å². The van der Waals surface area contributed by atoms with Crippen LogP contribution in [-0.4, -0.2) is 23.4 Å². The van der Waals surface area contributed by atoms with Crippen LogP contribution >= 0.6 is 0 Å². The van der Waals surface area contributed by atoms with Crippen molar-refractivity contribution < 1.29 is 19.2 Å². The number of hydrogen-bond donors (Lipinski definition) is 2. The molecule has 0 aliphatic carbocycles. The van der Waals surface area contributed by atoms with Gasteiger partial charge in [0.15, 0.2) is 0 Å². The van der Waals surface area contributed by atoms with Gasteiger partial charge in [-0.15, -0.1) is 0 Å². The predicted octanol–water partition coefficient (Wildman–Crippen LogP) is 3.26. The third-order valence-electron chi connectivity index (χ3n) is 3.90. The van der Waals surface area contributed by atoms with Crippen molar-refractivity contribution in [2.24, 2.45) is 5.73 Å². The van der Waals surface area contributed by atoms with Crippen LogP contribution in [0.4, 0.5) is 11.4 Å². The Morgan fingerprint density at radius 2 is 1.81 bits per heavy atom. The van der Waals surface area contributed by atoms with Gasteiger partial charge in [0.25, 0.3) is 5.69 Å². The van der Waals surface area contributed by atoms with Crippen LogP contribution in [0.1, 0.15) is 46.0 Å². The summed E-state index contributed by atoms with van der Waals surface area (Å²) in [6.45, 7) is 2.58. The second kappa shape index (κ2) is 9.33. The molecule has 0 fully saturated rings. The number of benzene rings is 2. The quantitative estimate of drug-likeness (QED) is 0.302. The lowest BCUT2D eigenvalue weighted by Crippen LogP contribution is -2.12. The van der Waals surface area contributed by atoms with Crippen molar-refractivity contribution in [1.29, 1.82) is 0 Å². The van der Waals surface area contributed by atoms with E-state index in [9.17, 15) is 19.7 Å². The van der Waals surface area contributed by atoms with Crippen LogP contribution in [0.2, 0.25) is 0 Å². The Morgan fingerprint density at radius 3 is 2.41 bits per heavy atom. The third kappa shape index (κ3) is 5.53. The summed E-state index contributed by atoms with van der Waals surface area (Å²) >= 11 is 0.